The average Bonchev–Trinajstić information content (AvgIpc) is 3.14. The minimum atomic E-state index is -3.72. The van der Waals surface area contributed by atoms with E-state index < -0.39 is 14.9 Å². The Morgan fingerprint density at radius 1 is 1.18 bits per heavy atom. The summed E-state index contributed by atoms with van der Waals surface area (Å²) < 4.78 is 27.8. The summed E-state index contributed by atoms with van der Waals surface area (Å²) in [6.45, 7) is 2.19. The number of rotatable bonds is 7. The fourth-order valence-electron chi connectivity index (χ4n) is 2.48. The first kappa shape index (κ1) is 19.6. The van der Waals surface area contributed by atoms with Crippen LogP contribution in [-0.4, -0.2) is 23.5 Å². The molecule has 0 aliphatic rings. The van der Waals surface area contributed by atoms with Gasteiger partial charge in [0.25, 0.3) is 5.69 Å². The first-order valence-corrected chi connectivity index (χ1v) is 9.72. The van der Waals surface area contributed by atoms with Crippen LogP contribution >= 0.6 is 0 Å². The zero-order valence-corrected chi connectivity index (χ0v) is 15.6. The van der Waals surface area contributed by atoms with E-state index in [1.54, 1.807) is 24.3 Å². The van der Waals surface area contributed by atoms with E-state index in [4.69, 9.17) is 9.66 Å². The molecule has 0 fully saturated rings. The van der Waals surface area contributed by atoms with E-state index in [1.807, 2.05) is 6.92 Å². The minimum absolute atomic E-state index is 0.0172. The first-order valence-electron chi connectivity index (χ1n) is 8.17. The maximum absolute atomic E-state index is 11.3. The van der Waals surface area contributed by atoms with Gasteiger partial charge in [0.2, 0.25) is 21.7 Å². The second-order valence-electron chi connectivity index (χ2n) is 6.03. The topological polar surface area (TPSA) is 154 Å². The number of benzene rings is 2. The Labute approximate surface area is 160 Å². The average molecular weight is 403 g/mol. The molecule has 0 aliphatic carbocycles. The maximum Gasteiger partial charge on any atom is 0.269 e. The monoisotopic (exact) mass is 403 g/mol. The zero-order chi connectivity index (χ0) is 20.3. The number of hydrogen-bond donors (Lipinski definition) is 2. The Balaban J connectivity index is 1.63. The molecule has 3 aromatic rings. The van der Waals surface area contributed by atoms with Crippen molar-refractivity contribution in [3.63, 3.8) is 0 Å². The molecule has 28 heavy (non-hydrogen) atoms. The van der Waals surface area contributed by atoms with Crippen molar-refractivity contribution in [2.45, 2.75) is 24.4 Å². The van der Waals surface area contributed by atoms with Crippen LogP contribution in [0.4, 0.5) is 5.69 Å². The predicted octanol–water partition coefficient (Wildman–Crippen LogP) is 2.14. The van der Waals surface area contributed by atoms with Crippen molar-refractivity contribution in [3.05, 3.63) is 70.1 Å². The van der Waals surface area contributed by atoms with Gasteiger partial charge in [-0.2, -0.15) is 4.98 Å². The molecule has 1 atom stereocenters. The number of nitro groups is 1. The number of primary sulfonamides is 1. The summed E-state index contributed by atoms with van der Waals surface area (Å²) in [4.78, 5) is 14.5. The molecule has 0 amide bonds. The molecule has 3 N–H and O–H groups in total. The van der Waals surface area contributed by atoms with Gasteiger partial charge in [-0.1, -0.05) is 17.3 Å². The first-order chi connectivity index (χ1) is 13.2. The molecule has 1 aromatic heterocycles. The Morgan fingerprint density at radius 3 is 2.39 bits per heavy atom. The van der Waals surface area contributed by atoms with Crippen LogP contribution in [0.5, 0.6) is 0 Å². The summed E-state index contributed by atoms with van der Waals surface area (Å²) in [5.74, 6) is 0.679. The Bertz CT molecular complexity index is 1080. The third-order valence-corrected chi connectivity index (χ3v) is 5.00. The summed E-state index contributed by atoms with van der Waals surface area (Å²) in [5.41, 5.74) is 1.45. The van der Waals surface area contributed by atoms with Crippen molar-refractivity contribution < 1.29 is 17.9 Å². The van der Waals surface area contributed by atoms with E-state index in [1.165, 1.54) is 24.3 Å². The van der Waals surface area contributed by atoms with Gasteiger partial charge in [-0.3, -0.25) is 10.1 Å². The molecule has 0 bridgehead atoms. The normalized spacial score (nSPS) is 12.6. The van der Waals surface area contributed by atoms with Gasteiger partial charge in [0.1, 0.15) is 0 Å². The SMILES string of the molecule is C[C@H](NCc1nc(-c2ccc([N+](=O)[O-])cc2)no1)c1ccc(S(N)(=O)=O)cc1. The molecule has 11 heteroatoms. The Morgan fingerprint density at radius 2 is 1.82 bits per heavy atom. The molecule has 0 unspecified atom stereocenters. The fraction of sp³-hybridized carbons (Fsp3) is 0.176. The van der Waals surface area contributed by atoms with Crippen molar-refractivity contribution >= 4 is 15.7 Å². The van der Waals surface area contributed by atoms with Gasteiger partial charge in [-0.15, -0.1) is 0 Å². The van der Waals surface area contributed by atoms with E-state index >= 15 is 0 Å². The largest absolute Gasteiger partial charge is 0.338 e. The van der Waals surface area contributed by atoms with Crippen molar-refractivity contribution in [3.8, 4) is 11.4 Å². The Kier molecular flexibility index (Phi) is 5.49. The summed E-state index contributed by atoms with van der Waals surface area (Å²) in [7, 11) is -3.72. The van der Waals surface area contributed by atoms with Crippen molar-refractivity contribution in [1.29, 1.82) is 0 Å². The molecule has 146 valence electrons. The van der Waals surface area contributed by atoms with Crippen LogP contribution in [0.1, 0.15) is 24.4 Å². The van der Waals surface area contributed by atoms with Crippen LogP contribution in [-0.2, 0) is 16.6 Å². The highest BCUT2D eigenvalue weighted by atomic mass is 32.2. The van der Waals surface area contributed by atoms with Crippen LogP contribution in [0.25, 0.3) is 11.4 Å². The van der Waals surface area contributed by atoms with Gasteiger partial charge in [-0.25, -0.2) is 13.6 Å². The van der Waals surface area contributed by atoms with Crippen LogP contribution in [0.2, 0.25) is 0 Å². The van der Waals surface area contributed by atoms with Crippen molar-refractivity contribution in [2.75, 3.05) is 0 Å². The molecule has 0 saturated heterocycles. The summed E-state index contributed by atoms with van der Waals surface area (Å²) in [6, 6.07) is 12.0. The van der Waals surface area contributed by atoms with E-state index in [0.29, 0.717) is 17.3 Å². The number of nitrogens with zero attached hydrogens (tertiary/aromatic N) is 3. The number of nitrogens with two attached hydrogens (primary N) is 1. The molecule has 2 aromatic carbocycles. The van der Waals surface area contributed by atoms with Gasteiger partial charge in [0, 0.05) is 23.7 Å². The van der Waals surface area contributed by atoms with E-state index in [2.05, 4.69) is 15.5 Å². The fourth-order valence-corrected chi connectivity index (χ4v) is 3.00. The molecule has 0 radical (unpaired) electrons. The minimum Gasteiger partial charge on any atom is -0.338 e. The van der Waals surface area contributed by atoms with Gasteiger partial charge in [0.15, 0.2) is 0 Å². The van der Waals surface area contributed by atoms with Crippen LogP contribution in [0.3, 0.4) is 0 Å². The van der Waals surface area contributed by atoms with Gasteiger partial charge >= 0.3 is 0 Å². The van der Waals surface area contributed by atoms with Gasteiger partial charge in [-0.05, 0) is 36.8 Å². The molecular weight excluding hydrogens is 386 g/mol. The molecule has 0 spiro atoms. The summed E-state index contributed by atoms with van der Waals surface area (Å²) in [5, 5.41) is 22.9. The standard InChI is InChI=1S/C17H17N5O5S/c1-11(12-4-8-15(9-5-12)28(18,25)26)19-10-16-20-17(21-27-16)13-2-6-14(7-3-13)22(23)24/h2-9,11,19H,10H2,1H3,(H2,18,25,26)/t11-/m0/s1. The molecule has 1 heterocycles. The highest BCUT2D eigenvalue weighted by Gasteiger charge is 2.13. The van der Waals surface area contributed by atoms with Crippen LogP contribution < -0.4 is 10.5 Å². The predicted molar refractivity (Wildman–Crippen MR) is 99.5 cm³/mol. The molecule has 3 rings (SSSR count). The summed E-state index contributed by atoms with van der Waals surface area (Å²) >= 11 is 0. The van der Waals surface area contributed by atoms with Crippen molar-refractivity contribution in [1.82, 2.24) is 15.5 Å². The number of hydrogen-bond acceptors (Lipinski definition) is 8. The maximum atomic E-state index is 11.3. The van der Waals surface area contributed by atoms with Crippen molar-refractivity contribution in [2.24, 2.45) is 5.14 Å². The molecule has 0 aliphatic heterocycles. The van der Waals surface area contributed by atoms with Crippen LogP contribution in [0, 0.1) is 10.1 Å². The zero-order valence-electron chi connectivity index (χ0n) is 14.8. The van der Waals surface area contributed by atoms with Crippen LogP contribution in [0.15, 0.2) is 57.9 Å². The smallest absolute Gasteiger partial charge is 0.269 e. The lowest BCUT2D eigenvalue weighted by molar-refractivity contribution is -0.384. The second-order valence-corrected chi connectivity index (χ2v) is 7.59. The van der Waals surface area contributed by atoms with Gasteiger partial charge in [0.05, 0.1) is 16.4 Å². The quantitative estimate of drug-likeness (QED) is 0.449. The number of nitrogens with one attached hydrogen (secondary N) is 1. The highest BCUT2D eigenvalue weighted by molar-refractivity contribution is 7.89. The van der Waals surface area contributed by atoms with Gasteiger partial charge < -0.3 is 9.84 Å². The highest BCUT2D eigenvalue weighted by Crippen LogP contribution is 2.20. The lowest BCUT2D eigenvalue weighted by Crippen LogP contribution is -2.18. The number of aromatic nitrogens is 2. The molecular formula is C17H17N5O5S. The lowest BCUT2D eigenvalue weighted by Gasteiger charge is -2.13. The van der Waals surface area contributed by atoms with E-state index in [0.717, 1.165) is 5.56 Å². The number of non-ortho nitro benzene ring substituents is 1. The third-order valence-electron chi connectivity index (χ3n) is 4.07. The summed E-state index contributed by atoms with van der Waals surface area (Å²) in [6.07, 6.45) is 0. The number of sulfonamides is 1. The number of nitro benzene ring substituents is 1. The lowest BCUT2D eigenvalue weighted by atomic mass is 10.1. The Hall–Kier alpha value is -3.15. The molecule has 0 saturated carbocycles. The molecule has 10 nitrogen and oxygen atoms in total. The second kappa shape index (κ2) is 7.84. The van der Waals surface area contributed by atoms with E-state index in [-0.39, 0.29) is 23.2 Å². The third kappa shape index (κ3) is 4.57. The van der Waals surface area contributed by atoms with E-state index in [9.17, 15) is 18.5 Å².